The number of sulfonamides is 1. The van der Waals surface area contributed by atoms with Crippen molar-refractivity contribution in [2.75, 3.05) is 19.7 Å². The van der Waals surface area contributed by atoms with Gasteiger partial charge in [0.15, 0.2) is 0 Å². The molecule has 0 aliphatic rings. The highest BCUT2D eigenvalue weighted by molar-refractivity contribution is 7.91. The van der Waals surface area contributed by atoms with Crippen molar-refractivity contribution in [1.29, 1.82) is 0 Å². The van der Waals surface area contributed by atoms with E-state index in [1.165, 1.54) is 24.3 Å². The molecule has 0 aliphatic carbocycles. The van der Waals surface area contributed by atoms with Crippen LogP contribution in [0.15, 0.2) is 63.2 Å². The maximum atomic E-state index is 13.5. The number of alkyl carbamates (subject to hydrolysis) is 1. The molecule has 0 heterocycles. The standard InChI is InChI=1S/C21H25F3N2O6S2/c1-15(2)10-13-32-20(27)25-11-12-26-34(30,31)19-14-17(8-9-18(19)21(22,23)24)33(28,29)16-6-4-3-5-7-16/h3-9,14-15,26H,10-13H2,1-2H3,(H,25,27). The van der Waals surface area contributed by atoms with E-state index in [1.54, 1.807) is 6.07 Å². The molecule has 8 nitrogen and oxygen atoms in total. The molecule has 2 aromatic carbocycles. The highest BCUT2D eigenvalue weighted by atomic mass is 32.2. The zero-order chi connectivity index (χ0) is 25.6. The number of rotatable bonds is 10. The summed E-state index contributed by atoms with van der Waals surface area (Å²) in [4.78, 5) is 9.51. The topological polar surface area (TPSA) is 119 Å². The second-order valence-electron chi connectivity index (χ2n) is 7.62. The van der Waals surface area contributed by atoms with E-state index < -0.39 is 54.0 Å². The number of carbonyl (C=O) groups excluding carboxylic acids is 1. The summed E-state index contributed by atoms with van der Waals surface area (Å²) in [5.74, 6) is 0.309. The predicted octanol–water partition coefficient (Wildman–Crippen LogP) is 3.59. The zero-order valence-corrected chi connectivity index (χ0v) is 20.1. The quantitative estimate of drug-likeness (QED) is 0.461. The van der Waals surface area contributed by atoms with E-state index in [-0.39, 0.29) is 18.0 Å². The molecule has 13 heteroatoms. The third kappa shape index (κ3) is 7.43. The molecular weight excluding hydrogens is 497 g/mol. The zero-order valence-electron chi connectivity index (χ0n) is 18.4. The maximum absolute atomic E-state index is 13.5. The van der Waals surface area contributed by atoms with Gasteiger partial charge < -0.3 is 10.1 Å². The number of benzene rings is 2. The summed E-state index contributed by atoms with van der Waals surface area (Å²) < 4.78 is 98.2. The Bertz CT molecular complexity index is 1200. The van der Waals surface area contributed by atoms with Crippen LogP contribution in [0.1, 0.15) is 25.8 Å². The predicted molar refractivity (Wildman–Crippen MR) is 117 cm³/mol. The van der Waals surface area contributed by atoms with Crippen LogP contribution < -0.4 is 10.0 Å². The Balaban J connectivity index is 2.22. The molecule has 0 fully saturated rings. The van der Waals surface area contributed by atoms with E-state index in [1.807, 2.05) is 18.6 Å². The van der Waals surface area contributed by atoms with Crippen molar-refractivity contribution in [2.24, 2.45) is 5.92 Å². The second-order valence-corrected chi connectivity index (χ2v) is 11.3. The highest BCUT2D eigenvalue weighted by Crippen LogP contribution is 2.36. The second kappa shape index (κ2) is 11.2. The molecule has 2 rings (SSSR count). The number of alkyl halides is 3. The number of ether oxygens (including phenoxy) is 1. The Morgan fingerprint density at radius 2 is 1.62 bits per heavy atom. The Morgan fingerprint density at radius 3 is 2.21 bits per heavy atom. The Kier molecular flexibility index (Phi) is 9.08. The van der Waals surface area contributed by atoms with E-state index in [0.717, 1.165) is 0 Å². The van der Waals surface area contributed by atoms with Gasteiger partial charge in [-0.1, -0.05) is 32.0 Å². The SMILES string of the molecule is CC(C)CCOC(=O)NCCNS(=O)(=O)c1cc(S(=O)(=O)c2ccccc2)ccc1C(F)(F)F. The van der Waals surface area contributed by atoms with E-state index in [2.05, 4.69) is 5.32 Å². The summed E-state index contributed by atoms with van der Waals surface area (Å²) in [5, 5.41) is 2.28. The normalized spacial score (nSPS) is 12.5. The van der Waals surface area contributed by atoms with Gasteiger partial charge in [-0.3, -0.25) is 0 Å². The molecule has 0 saturated carbocycles. The van der Waals surface area contributed by atoms with Crippen molar-refractivity contribution >= 4 is 26.0 Å². The summed E-state index contributed by atoms with van der Waals surface area (Å²) in [6, 6.07) is 8.49. The number of halogens is 3. The van der Waals surface area contributed by atoms with Gasteiger partial charge in [-0.2, -0.15) is 13.2 Å². The lowest BCUT2D eigenvalue weighted by molar-refractivity contribution is -0.139. The maximum Gasteiger partial charge on any atom is 0.417 e. The first-order valence-corrected chi connectivity index (χ1v) is 13.1. The number of nitrogens with one attached hydrogen (secondary N) is 2. The van der Waals surface area contributed by atoms with Crippen LogP contribution >= 0.6 is 0 Å². The van der Waals surface area contributed by atoms with Gasteiger partial charge >= 0.3 is 12.3 Å². The molecule has 188 valence electrons. The van der Waals surface area contributed by atoms with Crippen LogP contribution in [-0.4, -0.2) is 42.6 Å². The molecule has 0 aromatic heterocycles. The van der Waals surface area contributed by atoms with Crippen LogP contribution in [0, 0.1) is 5.92 Å². The fourth-order valence-corrected chi connectivity index (χ4v) is 5.39. The molecule has 1 amide bonds. The summed E-state index contributed by atoms with van der Waals surface area (Å²) in [6.07, 6.45) is -5.23. The lowest BCUT2D eigenvalue weighted by Gasteiger charge is -2.16. The van der Waals surface area contributed by atoms with E-state index in [9.17, 15) is 34.8 Å². The minimum absolute atomic E-state index is 0.160. The van der Waals surface area contributed by atoms with Gasteiger partial charge in [-0.15, -0.1) is 0 Å². The molecule has 2 N–H and O–H groups in total. The molecule has 0 bridgehead atoms. The molecular formula is C21H25F3N2O6S2. The summed E-state index contributed by atoms with van der Waals surface area (Å²) in [7, 11) is -9.06. The molecule has 34 heavy (non-hydrogen) atoms. The smallest absolute Gasteiger partial charge is 0.417 e. The first-order valence-electron chi connectivity index (χ1n) is 10.2. The molecule has 0 unspecified atom stereocenters. The van der Waals surface area contributed by atoms with Gasteiger partial charge in [0.1, 0.15) is 0 Å². The fourth-order valence-electron chi connectivity index (χ4n) is 2.73. The Hall–Kier alpha value is -2.64. The average Bonchev–Trinajstić information content (AvgIpc) is 2.76. The fraction of sp³-hybridized carbons (Fsp3) is 0.381. The van der Waals surface area contributed by atoms with Crippen molar-refractivity contribution < 1.29 is 39.5 Å². The van der Waals surface area contributed by atoms with Crippen molar-refractivity contribution in [2.45, 2.75) is 41.1 Å². The summed E-state index contributed by atoms with van der Waals surface area (Å²) in [5.41, 5.74) is -1.52. The van der Waals surface area contributed by atoms with Gasteiger partial charge in [-0.25, -0.2) is 26.4 Å². The van der Waals surface area contributed by atoms with Crippen molar-refractivity contribution in [1.82, 2.24) is 10.0 Å². The monoisotopic (exact) mass is 522 g/mol. The first-order chi connectivity index (χ1) is 15.7. The molecule has 0 atom stereocenters. The molecule has 0 radical (unpaired) electrons. The van der Waals surface area contributed by atoms with Crippen molar-refractivity contribution in [3.05, 3.63) is 54.1 Å². The summed E-state index contributed by atoms with van der Waals surface area (Å²) in [6.45, 7) is 3.32. The minimum Gasteiger partial charge on any atom is -0.450 e. The molecule has 0 saturated heterocycles. The van der Waals surface area contributed by atoms with Crippen LogP contribution in [-0.2, 0) is 30.8 Å². The van der Waals surface area contributed by atoms with Crippen LogP contribution in [0.5, 0.6) is 0 Å². The van der Waals surface area contributed by atoms with Crippen LogP contribution in [0.3, 0.4) is 0 Å². The van der Waals surface area contributed by atoms with Crippen molar-refractivity contribution in [3.63, 3.8) is 0 Å². The minimum atomic E-state index is -5.06. The highest BCUT2D eigenvalue weighted by Gasteiger charge is 2.38. The van der Waals surface area contributed by atoms with E-state index >= 15 is 0 Å². The number of sulfone groups is 1. The van der Waals surface area contributed by atoms with Crippen LogP contribution in [0.25, 0.3) is 0 Å². The van der Waals surface area contributed by atoms with Crippen LogP contribution in [0.2, 0.25) is 0 Å². The van der Waals surface area contributed by atoms with E-state index in [4.69, 9.17) is 4.74 Å². The number of carbonyl (C=O) groups is 1. The van der Waals surface area contributed by atoms with Gasteiger partial charge in [0, 0.05) is 13.1 Å². The third-order valence-electron chi connectivity index (χ3n) is 4.53. The van der Waals surface area contributed by atoms with Gasteiger partial charge in [0.05, 0.1) is 26.9 Å². The summed E-state index contributed by atoms with van der Waals surface area (Å²) >= 11 is 0. The first kappa shape index (κ1) is 27.6. The van der Waals surface area contributed by atoms with Gasteiger partial charge in [0.2, 0.25) is 19.9 Å². The number of hydrogen-bond donors (Lipinski definition) is 2. The molecule has 0 spiro atoms. The molecule has 2 aromatic rings. The molecule has 0 aliphatic heterocycles. The van der Waals surface area contributed by atoms with E-state index in [0.29, 0.717) is 30.5 Å². The van der Waals surface area contributed by atoms with Crippen molar-refractivity contribution in [3.8, 4) is 0 Å². The van der Waals surface area contributed by atoms with Gasteiger partial charge in [0.25, 0.3) is 0 Å². The number of hydrogen-bond acceptors (Lipinski definition) is 6. The van der Waals surface area contributed by atoms with Crippen LogP contribution in [0.4, 0.5) is 18.0 Å². The lowest BCUT2D eigenvalue weighted by atomic mass is 10.1. The third-order valence-corrected chi connectivity index (χ3v) is 7.79. The Labute approximate surface area is 196 Å². The lowest BCUT2D eigenvalue weighted by Crippen LogP contribution is -2.35. The Morgan fingerprint density at radius 1 is 0.971 bits per heavy atom. The average molecular weight is 523 g/mol. The van der Waals surface area contributed by atoms with Gasteiger partial charge in [-0.05, 0) is 42.7 Å². The largest absolute Gasteiger partial charge is 0.450 e. The number of amides is 1.